The molecule has 0 aliphatic heterocycles. The van der Waals surface area contributed by atoms with Gasteiger partial charge in [0.25, 0.3) is 0 Å². The van der Waals surface area contributed by atoms with Crippen molar-refractivity contribution in [1.29, 1.82) is 0 Å². The van der Waals surface area contributed by atoms with Crippen molar-refractivity contribution in [2.45, 2.75) is 18.8 Å². The van der Waals surface area contributed by atoms with Crippen LogP contribution in [0.3, 0.4) is 0 Å². The van der Waals surface area contributed by atoms with Crippen molar-refractivity contribution in [2.24, 2.45) is 0 Å². The number of urea groups is 1. The van der Waals surface area contributed by atoms with Crippen molar-refractivity contribution >= 4 is 17.0 Å². The van der Waals surface area contributed by atoms with E-state index in [1.807, 2.05) is 60.7 Å². The second-order valence-corrected chi connectivity index (χ2v) is 7.23. The molecule has 0 fully saturated rings. The first-order valence-electron chi connectivity index (χ1n) is 10.1. The summed E-state index contributed by atoms with van der Waals surface area (Å²) in [5.74, 6) is 0.361. The number of rotatable bonds is 7. The Morgan fingerprint density at radius 2 is 1.79 bits per heavy atom. The molecule has 170 valence electrons. The molecular weight excluding hydrogens is 435 g/mol. The van der Waals surface area contributed by atoms with Gasteiger partial charge in [0.15, 0.2) is 6.61 Å². The second-order valence-electron chi connectivity index (χ2n) is 7.23. The van der Waals surface area contributed by atoms with E-state index in [2.05, 4.69) is 15.6 Å². The van der Waals surface area contributed by atoms with E-state index in [1.54, 1.807) is 6.07 Å². The normalized spacial score (nSPS) is 12.3. The molecule has 4 rings (SSSR count). The van der Waals surface area contributed by atoms with Crippen LogP contribution in [0, 0.1) is 0 Å². The van der Waals surface area contributed by atoms with E-state index in [1.165, 1.54) is 12.3 Å². The average Bonchev–Trinajstić information content (AvgIpc) is 3.24. The Labute approximate surface area is 187 Å². The monoisotopic (exact) mass is 455 g/mol. The Morgan fingerprint density at radius 1 is 1.03 bits per heavy atom. The molecule has 0 aliphatic rings. The zero-order valence-electron chi connectivity index (χ0n) is 17.3. The molecule has 9 heteroatoms. The minimum atomic E-state index is -4.49. The predicted molar refractivity (Wildman–Crippen MR) is 116 cm³/mol. The van der Waals surface area contributed by atoms with Gasteiger partial charge >= 0.3 is 12.2 Å². The zero-order chi connectivity index (χ0) is 23.3. The third kappa shape index (κ3) is 5.82. The lowest BCUT2D eigenvalue weighted by molar-refractivity contribution is -0.154. The third-order valence-electron chi connectivity index (χ3n) is 4.80. The Kier molecular flexibility index (Phi) is 6.48. The number of benzene rings is 2. The quantitative estimate of drug-likeness (QED) is 0.394. The summed E-state index contributed by atoms with van der Waals surface area (Å²) < 4.78 is 48.2. The second kappa shape index (κ2) is 9.64. The van der Waals surface area contributed by atoms with Gasteiger partial charge in [0.05, 0.1) is 0 Å². The number of nitrogens with zero attached hydrogens (tertiary/aromatic N) is 1. The molecule has 0 spiro atoms. The van der Waals surface area contributed by atoms with Crippen molar-refractivity contribution < 1.29 is 27.1 Å². The summed E-state index contributed by atoms with van der Waals surface area (Å²) in [5.41, 5.74) is 1.82. The number of halogens is 3. The van der Waals surface area contributed by atoms with E-state index >= 15 is 0 Å². The van der Waals surface area contributed by atoms with E-state index in [0.29, 0.717) is 16.9 Å². The van der Waals surface area contributed by atoms with Crippen molar-refractivity contribution in [3.05, 3.63) is 95.9 Å². The number of pyridine rings is 1. The Balaban J connectivity index is 1.48. The maximum absolute atomic E-state index is 12.7. The summed E-state index contributed by atoms with van der Waals surface area (Å²) in [4.78, 5) is 16.5. The predicted octanol–water partition coefficient (Wildman–Crippen LogP) is 5.36. The number of fused-ring (bicyclic) bond motifs is 1. The molecule has 0 saturated carbocycles. The number of nitrogens with one attached hydrogen (secondary N) is 2. The van der Waals surface area contributed by atoms with Gasteiger partial charge in [-0.3, -0.25) is 0 Å². The molecule has 0 aliphatic carbocycles. The number of alkyl halides is 3. The maximum Gasteiger partial charge on any atom is 0.422 e. The zero-order valence-corrected chi connectivity index (χ0v) is 17.3. The van der Waals surface area contributed by atoms with Gasteiger partial charge in [-0.25, -0.2) is 9.78 Å². The minimum Gasteiger partial charge on any atom is -0.468 e. The summed E-state index contributed by atoms with van der Waals surface area (Å²) in [7, 11) is 0. The van der Waals surface area contributed by atoms with E-state index in [0.717, 1.165) is 10.9 Å². The highest BCUT2D eigenvalue weighted by Crippen LogP contribution is 2.28. The fraction of sp³-hybridized carbons (Fsp3) is 0.167. The molecule has 0 radical (unpaired) electrons. The number of ether oxygens (including phenoxy) is 1. The highest BCUT2D eigenvalue weighted by atomic mass is 19.4. The van der Waals surface area contributed by atoms with Crippen LogP contribution in [-0.2, 0) is 6.54 Å². The topological polar surface area (TPSA) is 76.4 Å². The Bertz CT molecular complexity index is 1190. The van der Waals surface area contributed by atoms with Gasteiger partial charge in [0.2, 0.25) is 5.88 Å². The first-order chi connectivity index (χ1) is 15.9. The van der Waals surface area contributed by atoms with Gasteiger partial charge in [-0.2, -0.15) is 13.2 Å². The SMILES string of the molecule is O=C(NCc1cccnc1OCC(F)(F)F)NC(c1ccccc1)c1cc2ccccc2o1. The summed E-state index contributed by atoms with van der Waals surface area (Å²) in [6.07, 6.45) is -3.17. The van der Waals surface area contributed by atoms with Crippen molar-refractivity contribution in [3.63, 3.8) is 0 Å². The van der Waals surface area contributed by atoms with Crippen LogP contribution in [0.1, 0.15) is 22.9 Å². The highest BCUT2D eigenvalue weighted by Gasteiger charge is 2.29. The van der Waals surface area contributed by atoms with Gasteiger partial charge in [-0.15, -0.1) is 0 Å². The number of carbonyl (C=O) groups excluding carboxylic acids is 1. The average molecular weight is 455 g/mol. The molecule has 2 aromatic heterocycles. The van der Waals surface area contributed by atoms with Crippen LogP contribution in [0.4, 0.5) is 18.0 Å². The van der Waals surface area contributed by atoms with Crippen LogP contribution < -0.4 is 15.4 Å². The fourth-order valence-corrected chi connectivity index (χ4v) is 3.31. The molecule has 2 aromatic carbocycles. The molecule has 6 nitrogen and oxygen atoms in total. The van der Waals surface area contributed by atoms with E-state index < -0.39 is 24.9 Å². The molecule has 0 saturated heterocycles. The molecule has 0 bridgehead atoms. The molecule has 2 N–H and O–H groups in total. The Morgan fingerprint density at radius 3 is 2.55 bits per heavy atom. The summed E-state index contributed by atoms with van der Waals surface area (Å²) in [6.45, 7) is -1.54. The maximum atomic E-state index is 12.7. The van der Waals surface area contributed by atoms with Gasteiger partial charge in [0.1, 0.15) is 17.4 Å². The van der Waals surface area contributed by atoms with Crippen LogP contribution in [0.5, 0.6) is 5.88 Å². The third-order valence-corrected chi connectivity index (χ3v) is 4.80. The van der Waals surface area contributed by atoms with Crippen molar-refractivity contribution in [1.82, 2.24) is 15.6 Å². The molecule has 1 atom stereocenters. The number of aromatic nitrogens is 1. The summed E-state index contributed by atoms with van der Waals surface area (Å²) in [5, 5.41) is 6.42. The van der Waals surface area contributed by atoms with Gasteiger partial charge in [-0.05, 0) is 23.8 Å². The largest absolute Gasteiger partial charge is 0.468 e. The molecule has 4 aromatic rings. The minimum absolute atomic E-state index is 0.0749. The van der Waals surface area contributed by atoms with Gasteiger partial charge < -0.3 is 19.8 Å². The Hall–Kier alpha value is -4.01. The fourth-order valence-electron chi connectivity index (χ4n) is 3.31. The number of hydrogen-bond acceptors (Lipinski definition) is 4. The van der Waals surface area contributed by atoms with E-state index in [4.69, 9.17) is 9.15 Å². The molecule has 2 heterocycles. The molecule has 33 heavy (non-hydrogen) atoms. The molecule has 1 unspecified atom stereocenters. The van der Waals surface area contributed by atoms with Crippen LogP contribution >= 0.6 is 0 Å². The van der Waals surface area contributed by atoms with Gasteiger partial charge in [-0.1, -0.05) is 54.6 Å². The first-order valence-corrected chi connectivity index (χ1v) is 10.1. The highest BCUT2D eigenvalue weighted by molar-refractivity contribution is 5.79. The standard InChI is InChI=1S/C24H20F3N3O3/c25-24(26,27)15-32-22-18(10-6-12-28-22)14-29-23(31)30-21(16-7-2-1-3-8-16)20-13-17-9-4-5-11-19(17)33-20/h1-13,21H,14-15H2,(H2,29,30,31). The van der Waals surface area contributed by atoms with Crippen molar-refractivity contribution in [3.8, 4) is 5.88 Å². The first kappa shape index (κ1) is 22.2. The van der Waals surface area contributed by atoms with Crippen LogP contribution in [0.15, 0.2) is 83.4 Å². The summed E-state index contributed by atoms with van der Waals surface area (Å²) >= 11 is 0. The number of furan rings is 1. The summed E-state index contributed by atoms with van der Waals surface area (Å²) in [6, 6.07) is 20.6. The van der Waals surface area contributed by atoms with E-state index in [9.17, 15) is 18.0 Å². The number of para-hydroxylation sites is 1. The van der Waals surface area contributed by atoms with Crippen LogP contribution in [-0.4, -0.2) is 23.8 Å². The van der Waals surface area contributed by atoms with E-state index in [-0.39, 0.29) is 12.4 Å². The molecule has 2 amide bonds. The van der Waals surface area contributed by atoms with Crippen LogP contribution in [0.25, 0.3) is 11.0 Å². The van der Waals surface area contributed by atoms with Crippen molar-refractivity contribution in [2.75, 3.05) is 6.61 Å². The smallest absolute Gasteiger partial charge is 0.422 e. The number of carbonyl (C=O) groups is 1. The lowest BCUT2D eigenvalue weighted by Gasteiger charge is -2.18. The lowest BCUT2D eigenvalue weighted by atomic mass is 10.0. The molecular formula is C24H20F3N3O3. The van der Waals surface area contributed by atoms with Crippen LogP contribution in [0.2, 0.25) is 0 Å². The lowest BCUT2D eigenvalue weighted by Crippen LogP contribution is -2.38. The number of hydrogen-bond donors (Lipinski definition) is 2. The number of amides is 2. The van der Waals surface area contributed by atoms with Gasteiger partial charge in [0, 0.05) is 23.7 Å².